The SMILES string of the molecule is Cc1cccc(C(=O)NC(C)C(=O)N2CCCN(Cc3ccc(C(F)(F)F)cc3)CC2)c1. The Morgan fingerprint density at radius 1 is 1.03 bits per heavy atom. The minimum atomic E-state index is -4.34. The summed E-state index contributed by atoms with van der Waals surface area (Å²) in [6.07, 6.45) is -3.58. The van der Waals surface area contributed by atoms with E-state index in [4.69, 9.17) is 0 Å². The molecule has 2 amide bonds. The first-order chi connectivity index (χ1) is 15.1. The molecule has 1 aliphatic heterocycles. The highest BCUT2D eigenvalue weighted by Gasteiger charge is 2.30. The third kappa shape index (κ3) is 6.32. The van der Waals surface area contributed by atoms with Crippen LogP contribution in [0.3, 0.4) is 0 Å². The van der Waals surface area contributed by atoms with Crippen molar-refractivity contribution >= 4 is 11.8 Å². The lowest BCUT2D eigenvalue weighted by molar-refractivity contribution is -0.137. The van der Waals surface area contributed by atoms with Crippen LogP contribution in [0.5, 0.6) is 0 Å². The van der Waals surface area contributed by atoms with Crippen molar-refractivity contribution in [3.05, 3.63) is 70.8 Å². The van der Waals surface area contributed by atoms with Crippen LogP contribution in [-0.2, 0) is 17.5 Å². The summed E-state index contributed by atoms with van der Waals surface area (Å²) in [5, 5.41) is 2.77. The Kier molecular flexibility index (Phi) is 7.56. The molecule has 1 N–H and O–H groups in total. The molecule has 0 aromatic heterocycles. The molecule has 3 rings (SSSR count). The smallest absolute Gasteiger partial charge is 0.341 e. The molecule has 2 aromatic carbocycles. The van der Waals surface area contributed by atoms with E-state index in [2.05, 4.69) is 10.2 Å². The molecule has 0 saturated carbocycles. The monoisotopic (exact) mass is 447 g/mol. The molecule has 2 aromatic rings. The van der Waals surface area contributed by atoms with Gasteiger partial charge in [-0.05, 0) is 50.1 Å². The van der Waals surface area contributed by atoms with Crippen molar-refractivity contribution < 1.29 is 22.8 Å². The number of hydrogen-bond acceptors (Lipinski definition) is 3. The number of nitrogens with zero attached hydrogens (tertiary/aromatic N) is 2. The number of amides is 2. The minimum absolute atomic E-state index is 0.137. The molecule has 1 saturated heterocycles. The first-order valence-corrected chi connectivity index (χ1v) is 10.7. The lowest BCUT2D eigenvalue weighted by atomic mass is 10.1. The zero-order valence-electron chi connectivity index (χ0n) is 18.3. The van der Waals surface area contributed by atoms with E-state index in [1.54, 1.807) is 30.0 Å². The van der Waals surface area contributed by atoms with Gasteiger partial charge in [-0.25, -0.2) is 0 Å². The second-order valence-corrected chi connectivity index (χ2v) is 8.21. The number of benzene rings is 2. The molecule has 32 heavy (non-hydrogen) atoms. The molecule has 0 aliphatic carbocycles. The molecule has 172 valence electrons. The van der Waals surface area contributed by atoms with Gasteiger partial charge in [-0.2, -0.15) is 13.2 Å². The molecular formula is C24H28F3N3O2. The van der Waals surface area contributed by atoms with Crippen LogP contribution in [0.4, 0.5) is 13.2 Å². The summed E-state index contributed by atoms with van der Waals surface area (Å²) in [6, 6.07) is 11.7. The Hall–Kier alpha value is -2.87. The normalized spacial score (nSPS) is 16.3. The van der Waals surface area contributed by atoms with Crippen molar-refractivity contribution in [1.29, 1.82) is 0 Å². The van der Waals surface area contributed by atoms with Crippen LogP contribution in [0.2, 0.25) is 0 Å². The number of carbonyl (C=O) groups is 2. The number of nitrogens with one attached hydrogen (secondary N) is 1. The van der Waals surface area contributed by atoms with Crippen LogP contribution in [-0.4, -0.2) is 53.8 Å². The second kappa shape index (κ2) is 10.2. The third-order valence-electron chi connectivity index (χ3n) is 5.59. The van der Waals surface area contributed by atoms with Crippen molar-refractivity contribution in [2.75, 3.05) is 26.2 Å². The molecule has 1 heterocycles. The van der Waals surface area contributed by atoms with Gasteiger partial charge in [0, 0.05) is 38.3 Å². The summed E-state index contributed by atoms with van der Waals surface area (Å²) in [5.74, 6) is -0.421. The number of alkyl halides is 3. The first-order valence-electron chi connectivity index (χ1n) is 10.7. The molecule has 5 nitrogen and oxygen atoms in total. The number of carbonyl (C=O) groups excluding carboxylic acids is 2. The Balaban J connectivity index is 1.52. The van der Waals surface area contributed by atoms with Crippen molar-refractivity contribution in [3.63, 3.8) is 0 Å². The Labute approximate surface area is 186 Å². The summed E-state index contributed by atoms with van der Waals surface area (Å²) in [4.78, 5) is 29.2. The van der Waals surface area contributed by atoms with Gasteiger partial charge in [-0.1, -0.05) is 29.8 Å². The zero-order valence-corrected chi connectivity index (χ0v) is 18.3. The van der Waals surface area contributed by atoms with Crippen LogP contribution < -0.4 is 5.32 Å². The van der Waals surface area contributed by atoms with E-state index >= 15 is 0 Å². The van der Waals surface area contributed by atoms with Gasteiger partial charge in [0.1, 0.15) is 6.04 Å². The predicted molar refractivity (Wildman–Crippen MR) is 116 cm³/mol. The highest BCUT2D eigenvalue weighted by atomic mass is 19.4. The summed E-state index contributed by atoms with van der Waals surface area (Å²) in [5.41, 5.74) is 1.63. The largest absolute Gasteiger partial charge is 0.416 e. The molecule has 0 radical (unpaired) electrons. The van der Waals surface area contributed by atoms with Gasteiger partial charge in [0.2, 0.25) is 5.91 Å². The maximum Gasteiger partial charge on any atom is 0.416 e. The molecule has 1 aliphatic rings. The van der Waals surface area contributed by atoms with Crippen molar-refractivity contribution in [1.82, 2.24) is 15.1 Å². The van der Waals surface area contributed by atoms with Crippen molar-refractivity contribution in [2.24, 2.45) is 0 Å². The summed E-state index contributed by atoms with van der Waals surface area (Å²) in [7, 11) is 0. The van der Waals surface area contributed by atoms with E-state index < -0.39 is 17.8 Å². The number of halogens is 3. The number of hydrogen-bond donors (Lipinski definition) is 1. The average molecular weight is 448 g/mol. The fourth-order valence-corrected chi connectivity index (χ4v) is 3.81. The fourth-order valence-electron chi connectivity index (χ4n) is 3.81. The zero-order chi connectivity index (χ0) is 23.3. The van der Waals surface area contributed by atoms with Crippen molar-refractivity contribution in [3.8, 4) is 0 Å². The van der Waals surface area contributed by atoms with Gasteiger partial charge >= 0.3 is 6.18 Å². The predicted octanol–water partition coefficient (Wildman–Crippen LogP) is 3.87. The highest BCUT2D eigenvalue weighted by molar-refractivity contribution is 5.97. The van der Waals surface area contributed by atoms with Gasteiger partial charge in [-0.15, -0.1) is 0 Å². The molecule has 0 spiro atoms. The van der Waals surface area contributed by atoms with Gasteiger partial charge < -0.3 is 10.2 Å². The average Bonchev–Trinajstić information content (AvgIpc) is 2.98. The van der Waals surface area contributed by atoms with E-state index in [1.165, 1.54) is 12.1 Å². The standard InChI is InChI=1S/C24H28F3N3O2/c1-17-5-3-6-20(15-17)22(31)28-18(2)23(32)30-12-4-11-29(13-14-30)16-19-7-9-21(10-8-19)24(25,26)27/h3,5-10,15,18H,4,11-14,16H2,1-2H3,(H,28,31). The van der Waals surface area contributed by atoms with Gasteiger partial charge in [-0.3, -0.25) is 14.5 Å². The quantitative estimate of drug-likeness (QED) is 0.757. The summed E-state index contributed by atoms with van der Waals surface area (Å²) >= 11 is 0. The third-order valence-corrected chi connectivity index (χ3v) is 5.59. The highest BCUT2D eigenvalue weighted by Crippen LogP contribution is 2.29. The van der Waals surface area contributed by atoms with Crippen LogP contribution in [0.25, 0.3) is 0 Å². The van der Waals surface area contributed by atoms with E-state index in [9.17, 15) is 22.8 Å². The van der Waals surface area contributed by atoms with Gasteiger partial charge in [0.25, 0.3) is 5.91 Å². The van der Waals surface area contributed by atoms with Crippen molar-refractivity contribution in [2.45, 2.75) is 39.0 Å². The number of aryl methyl sites for hydroxylation is 1. The van der Waals surface area contributed by atoms with Gasteiger partial charge in [0.05, 0.1) is 5.56 Å². The molecule has 0 bridgehead atoms. The molecule has 8 heteroatoms. The Bertz CT molecular complexity index is 944. The summed E-state index contributed by atoms with van der Waals surface area (Å²) < 4.78 is 38.2. The first kappa shape index (κ1) is 23.8. The molecule has 1 unspecified atom stereocenters. The molecule has 1 atom stereocenters. The van der Waals surface area contributed by atoms with Crippen LogP contribution in [0.1, 0.15) is 40.4 Å². The van der Waals surface area contributed by atoms with Crippen LogP contribution in [0.15, 0.2) is 48.5 Å². The maximum atomic E-state index is 12.9. The van der Waals surface area contributed by atoms with E-state index in [0.717, 1.165) is 36.2 Å². The maximum absolute atomic E-state index is 12.9. The second-order valence-electron chi connectivity index (χ2n) is 8.21. The van der Waals surface area contributed by atoms with Crippen LogP contribution >= 0.6 is 0 Å². The topological polar surface area (TPSA) is 52.7 Å². The van der Waals surface area contributed by atoms with Crippen LogP contribution in [0, 0.1) is 6.92 Å². The lowest BCUT2D eigenvalue weighted by Crippen LogP contribution is -2.48. The number of rotatable bonds is 5. The molecular weight excluding hydrogens is 419 g/mol. The molecule has 1 fully saturated rings. The van der Waals surface area contributed by atoms with Gasteiger partial charge in [0.15, 0.2) is 0 Å². The lowest BCUT2D eigenvalue weighted by Gasteiger charge is -2.25. The summed E-state index contributed by atoms with van der Waals surface area (Å²) in [6.45, 7) is 6.55. The van der Waals surface area contributed by atoms with E-state index in [-0.39, 0.29) is 11.8 Å². The fraction of sp³-hybridized carbons (Fsp3) is 0.417. The minimum Gasteiger partial charge on any atom is -0.341 e. The van der Waals surface area contributed by atoms with E-state index in [0.29, 0.717) is 31.7 Å². The van der Waals surface area contributed by atoms with E-state index in [1.807, 2.05) is 13.0 Å². The Morgan fingerprint density at radius 3 is 2.41 bits per heavy atom. The Morgan fingerprint density at radius 2 is 1.75 bits per heavy atom.